The Morgan fingerprint density at radius 1 is 0.912 bits per heavy atom. The molecule has 4 aromatic carbocycles. The monoisotopic (exact) mass is 456 g/mol. The molecule has 0 fully saturated rings. The maximum absolute atomic E-state index is 13.6. The van der Waals surface area contributed by atoms with Crippen molar-refractivity contribution in [2.75, 3.05) is 12.4 Å². The van der Waals surface area contributed by atoms with Gasteiger partial charge in [0.1, 0.15) is 17.4 Å². The van der Waals surface area contributed by atoms with Crippen LogP contribution in [0.4, 0.5) is 14.5 Å². The van der Waals surface area contributed by atoms with Crippen LogP contribution in [0.3, 0.4) is 0 Å². The highest BCUT2D eigenvalue weighted by Crippen LogP contribution is 2.28. The van der Waals surface area contributed by atoms with Crippen molar-refractivity contribution in [1.29, 1.82) is 0 Å². The highest BCUT2D eigenvalue weighted by molar-refractivity contribution is 6.02. The number of ether oxygens (including phenoxy) is 1. The van der Waals surface area contributed by atoms with E-state index in [1.54, 1.807) is 23.9 Å². The molecule has 168 valence electrons. The summed E-state index contributed by atoms with van der Waals surface area (Å²) in [7, 11) is 1.57. The predicted molar refractivity (Wildman–Crippen MR) is 125 cm³/mol. The smallest absolute Gasteiger partial charge is 0.295 e. The first-order valence-electron chi connectivity index (χ1n) is 10.4. The van der Waals surface area contributed by atoms with Crippen molar-refractivity contribution in [3.63, 3.8) is 0 Å². The number of hydrogen-bond acceptors (Lipinski definition) is 4. The Kier molecular flexibility index (Phi) is 5.47. The third kappa shape index (κ3) is 4.09. The molecule has 5 rings (SSSR count). The van der Waals surface area contributed by atoms with E-state index < -0.39 is 17.5 Å². The van der Waals surface area contributed by atoms with E-state index in [-0.39, 0.29) is 11.5 Å². The summed E-state index contributed by atoms with van der Waals surface area (Å²) >= 11 is 0. The van der Waals surface area contributed by atoms with Crippen LogP contribution in [0.1, 0.15) is 10.6 Å². The highest BCUT2D eigenvalue weighted by Gasteiger charge is 2.20. The Balaban J connectivity index is 1.63. The summed E-state index contributed by atoms with van der Waals surface area (Å²) in [6.07, 6.45) is 0. The Morgan fingerprint density at radius 2 is 1.62 bits per heavy atom. The minimum Gasteiger partial charge on any atom is -0.497 e. The van der Waals surface area contributed by atoms with Crippen LogP contribution in [0.15, 0.2) is 84.9 Å². The lowest BCUT2D eigenvalue weighted by Crippen LogP contribution is -2.14. The van der Waals surface area contributed by atoms with Gasteiger partial charge in [-0.05, 0) is 47.9 Å². The van der Waals surface area contributed by atoms with Gasteiger partial charge in [0.15, 0.2) is 5.82 Å². The predicted octanol–water partition coefficient (Wildman–Crippen LogP) is 5.63. The van der Waals surface area contributed by atoms with Crippen molar-refractivity contribution < 1.29 is 18.3 Å². The number of amides is 1. The maximum Gasteiger partial charge on any atom is 0.295 e. The molecule has 0 unspecified atom stereocenters. The van der Waals surface area contributed by atoms with Crippen LogP contribution in [-0.4, -0.2) is 27.8 Å². The first-order valence-corrected chi connectivity index (χ1v) is 10.4. The molecule has 0 saturated carbocycles. The molecule has 0 atom stereocenters. The Labute approximate surface area is 193 Å². The van der Waals surface area contributed by atoms with Crippen LogP contribution in [0, 0.1) is 11.6 Å². The van der Waals surface area contributed by atoms with Crippen molar-refractivity contribution in [3.8, 4) is 22.8 Å². The van der Waals surface area contributed by atoms with E-state index in [4.69, 9.17) is 4.74 Å². The molecule has 1 N–H and O–H groups in total. The lowest BCUT2D eigenvalue weighted by atomic mass is 10.1. The summed E-state index contributed by atoms with van der Waals surface area (Å²) < 4.78 is 34.0. The third-order valence-corrected chi connectivity index (χ3v) is 5.27. The molecule has 6 nitrogen and oxygen atoms in total. The molecule has 1 heterocycles. The number of anilines is 1. The number of nitrogens with zero attached hydrogens (tertiary/aromatic N) is 3. The van der Waals surface area contributed by atoms with Crippen LogP contribution < -0.4 is 10.1 Å². The van der Waals surface area contributed by atoms with Crippen LogP contribution in [0.5, 0.6) is 5.75 Å². The minimum atomic E-state index is -0.802. The van der Waals surface area contributed by atoms with Gasteiger partial charge in [-0.15, -0.1) is 5.10 Å². The number of nitrogens with one attached hydrogen (secondary N) is 1. The summed E-state index contributed by atoms with van der Waals surface area (Å²) in [6.45, 7) is 0. The molecule has 0 saturated heterocycles. The van der Waals surface area contributed by atoms with Gasteiger partial charge < -0.3 is 10.1 Å². The van der Waals surface area contributed by atoms with E-state index in [0.717, 1.165) is 34.7 Å². The van der Waals surface area contributed by atoms with Gasteiger partial charge in [0.2, 0.25) is 5.82 Å². The lowest BCUT2D eigenvalue weighted by Gasteiger charge is -2.10. The maximum atomic E-state index is 13.6. The molecule has 0 spiro atoms. The third-order valence-electron chi connectivity index (χ3n) is 5.27. The van der Waals surface area contributed by atoms with E-state index in [0.29, 0.717) is 17.1 Å². The fourth-order valence-electron chi connectivity index (χ4n) is 3.71. The van der Waals surface area contributed by atoms with Gasteiger partial charge in [-0.3, -0.25) is 4.79 Å². The van der Waals surface area contributed by atoms with Gasteiger partial charge in [0.05, 0.1) is 12.8 Å². The highest BCUT2D eigenvalue weighted by atomic mass is 19.1. The molecule has 1 aromatic heterocycles. The Morgan fingerprint density at radius 3 is 2.35 bits per heavy atom. The van der Waals surface area contributed by atoms with Gasteiger partial charge in [0, 0.05) is 22.7 Å². The summed E-state index contributed by atoms with van der Waals surface area (Å²) in [4.78, 5) is 17.4. The molecular formula is C26H18F2N4O2. The zero-order valence-electron chi connectivity index (χ0n) is 18.0. The second-order valence-corrected chi connectivity index (χ2v) is 7.51. The zero-order chi connectivity index (χ0) is 23.7. The normalized spacial score (nSPS) is 10.9. The van der Waals surface area contributed by atoms with Crippen LogP contribution in [0.25, 0.3) is 27.8 Å². The van der Waals surface area contributed by atoms with Gasteiger partial charge in [-0.25, -0.2) is 18.4 Å². The number of hydrogen-bond donors (Lipinski definition) is 1. The van der Waals surface area contributed by atoms with E-state index in [1.807, 2.05) is 54.6 Å². The quantitative estimate of drug-likeness (QED) is 0.372. The topological polar surface area (TPSA) is 69.0 Å². The fraction of sp³-hybridized carbons (Fsp3) is 0.0385. The number of benzene rings is 4. The van der Waals surface area contributed by atoms with E-state index in [9.17, 15) is 13.6 Å². The van der Waals surface area contributed by atoms with Crippen molar-refractivity contribution in [3.05, 3.63) is 102 Å². The Hall–Kier alpha value is -4.59. The molecule has 1 amide bonds. The second-order valence-electron chi connectivity index (χ2n) is 7.51. The van der Waals surface area contributed by atoms with Crippen LogP contribution in [-0.2, 0) is 0 Å². The van der Waals surface area contributed by atoms with Crippen molar-refractivity contribution >= 4 is 22.4 Å². The van der Waals surface area contributed by atoms with Crippen molar-refractivity contribution in [2.24, 2.45) is 0 Å². The molecule has 5 aromatic rings. The van der Waals surface area contributed by atoms with Crippen molar-refractivity contribution in [2.45, 2.75) is 0 Å². The number of rotatable bonds is 5. The lowest BCUT2D eigenvalue weighted by molar-refractivity contribution is 0.101. The summed E-state index contributed by atoms with van der Waals surface area (Å²) in [6, 6.07) is 23.5. The van der Waals surface area contributed by atoms with E-state index in [2.05, 4.69) is 15.4 Å². The number of fused-ring (bicyclic) bond motifs is 1. The number of carbonyl (C=O) groups is 1. The summed E-state index contributed by atoms with van der Waals surface area (Å²) in [5, 5.41) is 8.84. The van der Waals surface area contributed by atoms with Gasteiger partial charge >= 0.3 is 0 Å². The first kappa shape index (κ1) is 21.3. The van der Waals surface area contributed by atoms with E-state index in [1.165, 1.54) is 0 Å². The SMILES string of the molecule is COc1ccc(-c2nc(C(=O)Nc3cc(F)cc(F)c3)nn2-c2cccc3ccccc23)cc1. The van der Waals surface area contributed by atoms with Gasteiger partial charge in [-0.1, -0.05) is 36.4 Å². The van der Waals surface area contributed by atoms with Gasteiger partial charge in [0.25, 0.3) is 5.91 Å². The number of carbonyl (C=O) groups excluding carboxylic acids is 1. The molecule has 0 radical (unpaired) electrons. The fourth-order valence-corrected chi connectivity index (χ4v) is 3.71. The van der Waals surface area contributed by atoms with Crippen LogP contribution >= 0.6 is 0 Å². The second kappa shape index (κ2) is 8.74. The molecule has 0 bridgehead atoms. The minimum absolute atomic E-state index is 0.0324. The number of aromatic nitrogens is 3. The summed E-state index contributed by atoms with van der Waals surface area (Å²) in [5.74, 6) is -1.35. The Bertz CT molecular complexity index is 1490. The standard InChI is InChI=1S/C26H18F2N4O2/c1-34-21-11-9-17(10-12-21)25-30-24(26(33)29-20-14-18(27)13-19(28)15-20)31-32(25)23-8-4-6-16-5-2-3-7-22(16)23/h2-15H,1H3,(H,29,33). The number of methoxy groups -OCH3 is 1. The molecule has 0 aliphatic carbocycles. The molecule has 8 heteroatoms. The largest absolute Gasteiger partial charge is 0.497 e. The average Bonchev–Trinajstić information content (AvgIpc) is 3.28. The van der Waals surface area contributed by atoms with Crippen molar-refractivity contribution in [1.82, 2.24) is 14.8 Å². The van der Waals surface area contributed by atoms with E-state index >= 15 is 0 Å². The average molecular weight is 456 g/mol. The first-order chi connectivity index (χ1) is 16.5. The molecular weight excluding hydrogens is 438 g/mol. The molecule has 0 aliphatic heterocycles. The summed E-state index contributed by atoms with van der Waals surface area (Å²) in [5.41, 5.74) is 1.40. The molecule has 0 aliphatic rings. The zero-order valence-corrected chi connectivity index (χ0v) is 18.0. The van der Waals surface area contributed by atoms with Gasteiger partial charge in [-0.2, -0.15) is 0 Å². The molecule has 34 heavy (non-hydrogen) atoms. The number of halogens is 2. The van der Waals surface area contributed by atoms with Crippen LogP contribution in [0.2, 0.25) is 0 Å².